The smallest absolute Gasteiger partial charge is 0.326 e. The molecule has 0 radical (unpaired) electrons. The van der Waals surface area contributed by atoms with Crippen molar-refractivity contribution in [2.45, 2.75) is 25.4 Å². The van der Waals surface area contributed by atoms with Crippen molar-refractivity contribution in [3.63, 3.8) is 0 Å². The average molecular weight is 269 g/mol. The van der Waals surface area contributed by atoms with E-state index < -0.39 is 12.0 Å². The van der Waals surface area contributed by atoms with E-state index in [2.05, 4.69) is 23.7 Å². The maximum atomic E-state index is 12.0. The van der Waals surface area contributed by atoms with Gasteiger partial charge in [-0.2, -0.15) is 0 Å². The fourth-order valence-corrected chi connectivity index (χ4v) is 2.42. The zero-order valence-electron chi connectivity index (χ0n) is 11.8. The Morgan fingerprint density at radius 2 is 2.16 bits per heavy atom. The summed E-state index contributed by atoms with van der Waals surface area (Å²) in [5.74, 6) is -0.659. The molecule has 1 fully saturated rings. The van der Waals surface area contributed by atoms with Crippen LogP contribution in [0.5, 0.6) is 0 Å². The van der Waals surface area contributed by atoms with E-state index in [4.69, 9.17) is 5.11 Å². The van der Waals surface area contributed by atoms with E-state index in [1.807, 2.05) is 14.1 Å². The lowest BCUT2D eigenvalue weighted by Gasteiger charge is -2.23. The first-order valence-corrected chi connectivity index (χ1v) is 6.42. The number of aliphatic carboxylic acids is 1. The fourth-order valence-electron chi connectivity index (χ4n) is 2.42. The molecule has 3 atom stereocenters. The number of rotatable bonds is 5. The summed E-state index contributed by atoms with van der Waals surface area (Å²) in [6.45, 7) is 6.87. The molecule has 1 saturated heterocycles. The number of nitrogens with one attached hydrogen (secondary N) is 1. The zero-order valence-corrected chi connectivity index (χ0v) is 11.8. The van der Waals surface area contributed by atoms with E-state index in [0.717, 1.165) is 0 Å². The summed E-state index contributed by atoms with van der Waals surface area (Å²) in [6.07, 6.45) is 1.72. The van der Waals surface area contributed by atoms with Gasteiger partial charge in [0.2, 0.25) is 0 Å². The van der Waals surface area contributed by atoms with Crippen LogP contribution in [0.25, 0.3) is 0 Å². The van der Waals surface area contributed by atoms with Gasteiger partial charge in [0.15, 0.2) is 0 Å². The number of amides is 2. The van der Waals surface area contributed by atoms with Gasteiger partial charge in [-0.1, -0.05) is 13.0 Å². The maximum Gasteiger partial charge on any atom is 0.326 e. The minimum atomic E-state index is -1.04. The van der Waals surface area contributed by atoms with E-state index in [9.17, 15) is 9.59 Å². The second-order valence-corrected chi connectivity index (χ2v) is 5.28. The second-order valence-electron chi connectivity index (χ2n) is 5.28. The highest BCUT2D eigenvalue weighted by molar-refractivity contribution is 5.82. The molecule has 2 amide bonds. The van der Waals surface area contributed by atoms with Crippen LogP contribution in [0.4, 0.5) is 4.79 Å². The minimum Gasteiger partial charge on any atom is -0.480 e. The Morgan fingerprint density at radius 3 is 2.58 bits per heavy atom. The first-order chi connectivity index (χ1) is 8.86. The zero-order chi connectivity index (χ0) is 14.6. The Hall–Kier alpha value is -1.56. The summed E-state index contributed by atoms with van der Waals surface area (Å²) >= 11 is 0. The maximum absolute atomic E-state index is 12.0. The van der Waals surface area contributed by atoms with E-state index in [1.54, 1.807) is 4.90 Å². The molecule has 0 aromatic heterocycles. The summed E-state index contributed by atoms with van der Waals surface area (Å²) in [6, 6.07) is -0.905. The number of hydrogen-bond acceptors (Lipinski definition) is 3. The van der Waals surface area contributed by atoms with Crippen molar-refractivity contribution in [2.24, 2.45) is 5.92 Å². The summed E-state index contributed by atoms with van der Waals surface area (Å²) in [7, 11) is 3.97. The number of carbonyl (C=O) groups excluding carboxylic acids is 1. The van der Waals surface area contributed by atoms with Crippen LogP contribution in [-0.2, 0) is 4.79 Å². The fraction of sp³-hybridized carbons (Fsp3) is 0.692. The van der Waals surface area contributed by atoms with Crippen LogP contribution in [0.1, 0.15) is 13.3 Å². The van der Waals surface area contributed by atoms with E-state index in [-0.39, 0.29) is 12.5 Å². The Balaban J connectivity index is 2.59. The van der Waals surface area contributed by atoms with Gasteiger partial charge in [-0.15, -0.1) is 6.58 Å². The molecule has 0 spiro atoms. The van der Waals surface area contributed by atoms with Crippen LogP contribution in [0.2, 0.25) is 0 Å². The van der Waals surface area contributed by atoms with E-state index >= 15 is 0 Å². The largest absolute Gasteiger partial charge is 0.480 e. The third kappa shape index (κ3) is 3.96. The molecular formula is C13H23N3O3. The van der Waals surface area contributed by atoms with Crippen molar-refractivity contribution >= 4 is 12.0 Å². The highest BCUT2D eigenvalue weighted by Crippen LogP contribution is 2.19. The normalized spacial score (nSPS) is 24.3. The first-order valence-electron chi connectivity index (χ1n) is 6.42. The quantitative estimate of drug-likeness (QED) is 0.717. The lowest BCUT2D eigenvalue weighted by molar-refractivity contribution is -0.139. The Bertz CT molecular complexity index is 357. The second kappa shape index (κ2) is 6.56. The van der Waals surface area contributed by atoms with Crippen molar-refractivity contribution in [2.75, 3.05) is 27.2 Å². The van der Waals surface area contributed by atoms with Gasteiger partial charge in [0.25, 0.3) is 0 Å². The molecule has 1 aliphatic rings. The predicted molar refractivity (Wildman–Crippen MR) is 73.0 cm³/mol. The van der Waals surface area contributed by atoms with Gasteiger partial charge < -0.3 is 20.2 Å². The topological polar surface area (TPSA) is 72.9 Å². The van der Waals surface area contributed by atoms with Crippen molar-refractivity contribution in [1.29, 1.82) is 0 Å². The van der Waals surface area contributed by atoms with Crippen molar-refractivity contribution in [3.8, 4) is 0 Å². The molecule has 0 bridgehead atoms. The van der Waals surface area contributed by atoms with Gasteiger partial charge in [0.1, 0.15) is 6.04 Å². The number of nitrogens with zero attached hydrogens (tertiary/aromatic N) is 2. The van der Waals surface area contributed by atoms with Gasteiger partial charge in [-0.3, -0.25) is 0 Å². The summed E-state index contributed by atoms with van der Waals surface area (Å²) in [4.78, 5) is 26.8. The van der Waals surface area contributed by atoms with Crippen LogP contribution in [0, 0.1) is 5.92 Å². The molecule has 6 heteroatoms. The molecule has 1 aliphatic heterocycles. The molecule has 0 aromatic rings. The van der Waals surface area contributed by atoms with Crippen LogP contribution < -0.4 is 5.32 Å². The molecule has 1 rings (SSSR count). The molecule has 19 heavy (non-hydrogen) atoms. The molecule has 2 N–H and O–H groups in total. The summed E-state index contributed by atoms with van der Waals surface area (Å²) < 4.78 is 0. The molecule has 0 aromatic carbocycles. The number of hydrogen-bond donors (Lipinski definition) is 2. The molecule has 6 nitrogen and oxygen atoms in total. The first kappa shape index (κ1) is 15.5. The number of likely N-dealkylation sites (N-methyl/N-ethyl adjacent to an activating group) is 1. The lowest BCUT2D eigenvalue weighted by Crippen LogP contribution is -2.47. The number of carboxylic acids is 1. The highest BCUT2D eigenvalue weighted by Gasteiger charge is 2.34. The SMILES string of the molecule is C=CCC(NC(=O)N1CC(C)C(N(C)C)C1)C(=O)O. The molecule has 1 heterocycles. The van der Waals surface area contributed by atoms with Gasteiger partial charge in [0, 0.05) is 19.1 Å². The van der Waals surface area contributed by atoms with Gasteiger partial charge >= 0.3 is 12.0 Å². The van der Waals surface area contributed by atoms with E-state index in [1.165, 1.54) is 6.08 Å². The van der Waals surface area contributed by atoms with Crippen LogP contribution >= 0.6 is 0 Å². The Labute approximate surface area is 114 Å². The summed E-state index contributed by atoms with van der Waals surface area (Å²) in [5.41, 5.74) is 0. The molecule has 0 aliphatic carbocycles. The number of urea groups is 1. The number of carbonyl (C=O) groups is 2. The Kier molecular flexibility index (Phi) is 5.35. The van der Waals surface area contributed by atoms with Crippen molar-refractivity contribution in [3.05, 3.63) is 12.7 Å². The standard InChI is InChI=1S/C13H23N3O3/c1-5-6-10(12(17)18)14-13(19)16-7-9(2)11(8-16)15(3)4/h5,9-11H,1,6-8H2,2-4H3,(H,14,19)(H,17,18). The monoisotopic (exact) mass is 269 g/mol. The third-order valence-corrected chi connectivity index (χ3v) is 3.52. The van der Waals surface area contributed by atoms with Crippen LogP contribution in [-0.4, -0.2) is 66.2 Å². The number of carboxylic acid groups (broad SMARTS) is 1. The minimum absolute atomic E-state index is 0.224. The highest BCUT2D eigenvalue weighted by atomic mass is 16.4. The van der Waals surface area contributed by atoms with E-state index in [0.29, 0.717) is 25.0 Å². The molecule has 3 unspecified atom stereocenters. The molecule has 108 valence electrons. The van der Waals surface area contributed by atoms with Gasteiger partial charge in [-0.25, -0.2) is 9.59 Å². The van der Waals surface area contributed by atoms with Gasteiger partial charge in [-0.05, 0) is 26.4 Å². The predicted octanol–water partition coefficient (Wildman–Crippen LogP) is 0.607. The lowest BCUT2D eigenvalue weighted by atomic mass is 10.1. The average Bonchev–Trinajstić information content (AvgIpc) is 2.70. The van der Waals surface area contributed by atoms with Crippen LogP contribution in [0.3, 0.4) is 0 Å². The molecular weight excluding hydrogens is 246 g/mol. The van der Waals surface area contributed by atoms with Crippen molar-refractivity contribution in [1.82, 2.24) is 15.1 Å². The Morgan fingerprint density at radius 1 is 1.53 bits per heavy atom. The van der Waals surface area contributed by atoms with Crippen molar-refractivity contribution < 1.29 is 14.7 Å². The van der Waals surface area contributed by atoms with Crippen LogP contribution in [0.15, 0.2) is 12.7 Å². The molecule has 0 saturated carbocycles. The summed E-state index contributed by atoms with van der Waals surface area (Å²) in [5, 5.41) is 11.5. The number of likely N-dealkylation sites (tertiary alicyclic amines) is 1. The third-order valence-electron chi connectivity index (χ3n) is 3.52. The van der Waals surface area contributed by atoms with Gasteiger partial charge in [0.05, 0.1) is 0 Å².